The number of carbonyl (C=O) groups is 1. The molecule has 0 unspecified atom stereocenters. The van der Waals surface area contributed by atoms with Crippen LogP contribution < -0.4 is 0 Å². The Morgan fingerprint density at radius 3 is 2.12 bits per heavy atom. The Hall–Kier alpha value is 0.280. The van der Waals surface area contributed by atoms with E-state index in [9.17, 15) is 4.79 Å². The first-order valence-corrected chi connectivity index (χ1v) is 3.06. The van der Waals surface area contributed by atoms with E-state index in [1.54, 1.807) is 0 Å². The molecule has 0 aromatic carbocycles. The molecule has 1 nitrogen and oxygen atoms in total. The van der Waals surface area contributed by atoms with Crippen LogP contribution in [0.3, 0.4) is 0 Å². The Balaban J connectivity index is 4.03. The van der Waals surface area contributed by atoms with E-state index in [0.29, 0.717) is 6.29 Å². The average molecular weight is 173 g/mol. The van der Waals surface area contributed by atoms with Crippen molar-refractivity contribution < 1.29 is 4.79 Å². The summed E-state index contributed by atoms with van der Waals surface area (Å²) in [6, 6.07) is 0. The lowest BCUT2D eigenvalue weighted by Crippen LogP contribution is -1.79. The van der Waals surface area contributed by atoms with E-state index in [2.05, 4.69) is 0 Å². The molecule has 0 aliphatic rings. The first kappa shape index (κ1) is 8.28. The van der Waals surface area contributed by atoms with Gasteiger partial charge in [-0.25, -0.2) is 0 Å². The highest BCUT2D eigenvalue weighted by molar-refractivity contribution is 6.47. The van der Waals surface area contributed by atoms with Crippen molar-refractivity contribution in [1.29, 1.82) is 0 Å². The van der Waals surface area contributed by atoms with Gasteiger partial charge in [-0.15, -0.1) is 11.6 Å². The SMILES string of the molecule is O=C/C(Cl)=C(\Cl)CCl. The van der Waals surface area contributed by atoms with Crippen LogP contribution in [0.4, 0.5) is 0 Å². The lowest BCUT2D eigenvalue weighted by molar-refractivity contribution is -0.104. The number of halogens is 3. The van der Waals surface area contributed by atoms with E-state index in [1.165, 1.54) is 0 Å². The zero-order valence-corrected chi connectivity index (χ0v) is 6.09. The van der Waals surface area contributed by atoms with Crippen LogP contribution in [0.1, 0.15) is 0 Å². The fourth-order valence-corrected chi connectivity index (χ4v) is 0.451. The van der Waals surface area contributed by atoms with Crippen LogP contribution in [-0.2, 0) is 4.79 Å². The molecule has 0 aliphatic heterocycles. The van der Waals surface area contributed by atoms with Gasteiger partial charge in [-0.05, 0) is 0 Å². The van der Waals surface area contributed by atoms with Gasteiger partial charge >= 0.3 is 0 Å². The summed E-state index contributed by atoms with van der Waals surface area (Å²) >= 11 is 15.7. The molecule has 46 valence electrons. The van der Waals surface area contributed by atoms with Crippen LogP contribution in [0.5, 0.6) is 0 Å². The van der Waals surface area contributed by atoms with Crippen molar-refractivity contribution in [2.24, 2.45) is 0 Å². The Morgan fingerprint density at radius 1 is 1.50 bits per heavy atom. The van der Waals surface area contributed by atoms with Crippen molar-refractivity contribution in [2.45, 2.75) is 0 Å². The molecule has 0 saturated heterocycles. The van der Waals surface area contributed by atoms with Crippen LogP contribution in [0, 0.1) is 0 Å². The third-order valence-corrected chi connectivity index (χ3v) is 1.64. The number of aldehydes is 1. The second-order valence-electron chi connectivity index (χ2n) is 1.00. The minimum absolute atomic E-state index is 0.0262. The van der Waals surface area contributed by atoms with Crippen LogP contribution in [0.15, 0.2) is 10.1 Å². The highest BCUT2D eigenvalue weighted by atomic mass is 35.5. The fourth-order valence-electron chi connectivity index (χ4n) is 0.128. The molecule has 0 N–H and O–H groups in total. The molecule has 8 heavy (non-hydrogen) atoms. The van der Waals surface area contributed by atoms with Crippen molar-refractivity contribution in [2.75, 3.05) is 5.88 Å². The molecule has 0 spiro atoms. The summed E-state index contributed by atoms with van der Waals surface area (Å²) in [6.45, 7) is 0. The van der Waals surface area contributed by atoms with E-state index in [1.807, 2.05) is 0 Å². The normalized spacial score (nSPS) is 12.9. The Kier molecular flexibility index (Phi) is 4.33. The van der Waals surface area contributed by atoms with E-state index < -0.39 is 0 Å². The van der Waals surface area contributed by atoms with Crippen LogP contribution >= 0.6 is 34.8 Å². The molecule has 0 fully saturated rings. The standard InChI is InChI=1S/C4H3Cl3O/c5-1-3(6)4(7)2-8/h2H,1H2/b4-3+. The molecule has 0 amide bonds. The topological polar surface area (TPSA) is 17.1 Å². The Morgan fingerprint density at radius 2 is 2.00 bits per heavy atom. The lowest BCUT2D eigenvalue weighted by atomic mass is 10.5. The maximum absolute atomic E-state index is 9.77. The molecular formula is C4H3Cl3O. The first-order chi connectivity index (χ1) is 3.72. The summed E-state index contributed by atoms with van der Waals surface area (Å²) in [6.07, 6.45) is 0.451. The van der Waals surface area contributed by atoms with Gasteiger partial charge in [0.25, 0.3) is 0 Å². The molecule has 0 rings (SSSR count). The number of hydrogen-bond acceptors (Lipinski definition) is 1. The summed E-state index contributed by atoms with van der Waals surface area (Å²) in [5.74, 6) is 0.0825. The molecule has 0 aromatic heterocycles. The van der Waals surface area contributed by atoms with Crippen molar-refractivity contribution >= 4 is 41.1 Å². The van der Waals surface area contributed by atoms with E-state index in [0.717, 1.165) is 0 Å². The molecule has 0 aliphatic carbocycles. The minimum atomic E-state index is -0.0262. The number of allylic oxidation sites excluding steroid dienone is 2. The molecule has 0 saturated carbocycles. The van der Waals surface area contributed by atoms with Crippen molar-refractivity contribution in [3.63, 3.8) is 0 Å². The predicted molar refractivity (Wildman–Crippen MR) is 35.5 cm³/mol. The van der Waals surface area contributed by atoms with E-state index in [-0.39, 0.29) is 15.9 Å². The van der Waals surface area contributed by atoms with Gasteiger partial charge in [-0.1, -0.05) is 23.2 Å². The number of hydrogen-bond donors (Lipinski definition) is 0. The average Bonchev–Trinajstić information content (AvgIpc) is 1.84. The molecule has 0 bridgehead atoms. The lowest BCUT2D eigenvalue weighted by Gasteiger charge is -1.86. The third kappa shape index (κ3) is 2.55. The van der Waals surface area contributed by atoms with E-state index in [4.69, 9.17) is 34.8 Å². The summed E-state index contributed by atoms with van der Waals surface area (Å²) in [5, 5.41) is 0.157. The van der Waals surface area contributed by atoms with Crippen molar-refractivity contribution in [3.8, 4) is 0 Å². The summed E-state index contributed by atoms with van der Waals surface area (Å²) < 4.78 is 0. The summed E-state index contributed by atoms with van der Waals surface area (Å²) in [5.41, 5.74) is 0. The number of carbonyl (C=O) groups excluding carboxylic acids is 1. The zero-order valence-electron chi connectivity index (χ0n) is 3.83. The molecular weight excluding hydrogens is 170 g/mol. The van der Waals surface area contributed by atoms with Gasteiger partial charge in [0.15, 0.2) is 6.29 Å². The van der Waals surface area contributed by atoms with Crippen molar-refractivity contribution in [3.05, 3.63) is 10.1 Å². The highest BCUT2D eigenvalue weighted by Gasteiger charge is 1.95. The van der Waals surface area contributed by atoms with Gasteiger partial charge in [0.05, 0.1) is 15.9 Å². The predicted octanol–water partition coefficient (Wildman–Crippen LogP) is 2.11. The molecule has 0 aromatic rings. The number of alkyl halides is 1. The fraction of sp³-hybridized carbons (Fsp3) is 0.250. The Bertz CT molecular complexity index is 118. The van der Waals surface area contributed by atoms with Gasteiger partial charge in [0.2, 0.25) is 0 Å². The van der Waals surface area contributed by atoms with Gasteiger partial charge in [0, 0.05) is 0 Å². The molecule has 0 atom stereocenters. The zero-order chi connectivity index (χ0) is 6.57. The molecule has 4 heteroatoms. The molecule has 0 radical (unpaired) electrons. The quantitative estimate of drug-likeness (QED) is 0.355. The number of rotatable bonds is 2. The van der Waals surface area contributed by atoms with Crippen LogP contribution in [0.2, 0.25) is 0 Å². The maximum atomic E-state index is 9.77. The van der Waals surface area contributed by atoms with E-state index >= 15 is 0 Å². The van der Waals surface area contributed by atoms with Gasteiger partial charge in [-0.3, -0.25) is 4.79 Å². The Labute approximate surface area is 62.2 Å². The summed E-state index contributed by atoms with van der Waals surface area (Å²) in [4.78, 5) is 9.77. The van der Waals surface area contributed by atoms with Crippen LogP contribution in [0.25, 0.3) is 0 Å². The van der Waals surface area contributed by atoms with Gasteiger partial charge in [-0.2, -0.15) is 0 Å². The van der Waals surface area contributed by atoms with Gasteiger partial charge in [0.1, 0.15) is 0 Å². The summed E-state index contributed by atoms with van der Waals surface area (Å²) in [7, 11) is 0. The largest absolute Gasteiger partial charge is 0.297 e. The maximum Gasteiger partial charge on any atom is 0.162 e. The van der Waals surface area contributed by atoms with Gasteiger partial charge < -0.3 is 0 Å². The first-order valence-electron chi connectivity index (χ1n) is 1.77. The third-order valence-electron chi connectivity index (χ3n) is 0.480. The minimum Gasteiger partial charge on any atom is -0.297 e. The smallest absolute Gasteiger partial charge is 0.162 e. The second-order valence-corrected chi connectivity index (χ2v) is 2.14. The van der Waals surface area contributed by atoms with Crippen molar-refractivity contribution in [1.82, 2.24) is 0 Å². The highest BCUT2D eigenvalue weighted by Crippen LogP contribution is 2.11. The monoisotopic (exact) mass is 172 g/mol. The molecule has 0 heterocycles. The second kappa shape index (κ2) is 4.19. The van der Waals surface area contributed by atoms with Crippen LogP contribution in [-0.4, -0.2) is 12.2 Å².